The summed E-state index contributed by atoms with van der Waals surface area (Å²) < 4.78 is 1.95. The van der Waals surface area contributed by atoms with E-state index in [4.69, 9.17) is 0 Å². The van der Waals surface area contributed by atoms with Crippen molar-refractivity contribution in [2.45, 2.75) is 71.9 Å². The highest BCUT2D eigenvalue weighted by molar-refractivity contribution is 5.16. The van der Waals surface area contributed by atoms with Gasteiger partial charge < -0.3 is 5.11 Å². The number of rotatable bonds is 3. The molecule has 2 rings (SSSR count). The third kappa shape index (κ3) is 3.19. The number of hydrogen-bond acceptors (Lipinski definition) is 2. The Hall–Kier alpha value is -0.830. The van der Waals surface area contributed by atoms with Crippen molar-refractivity contribution in [3.8, 4) is 0 Å². The van der Waals surface area contributed by atoms with Crippen molar-refractivity contribution in [2.24, 2.45) is 11.3 Å². The fourth-order valence-corrected chi connectivity index (χ4v) is 3.21. The molecule has 3 heteroatoms. The number of hydrogen-bond donors (Lipinski definition) is 1. The first-order valence-electron chi connectivity index (χ1n) is 7.60. The summed E-state index contributed by atoms with van der Waals surface area (Å²) >= 11 is 0. The normalized spacial score (nSPS) is 28.6. The smallest absolute Gasteiger partial charge is 0.0927 e. The predicted octanol–water partition coefficient (Wildman–Crippen LogP) is 3.72. The van der Waals surface area contributed by atoms with Crippen LogP contribution in [0.1, 0.15) is 65.4 Å². The SMILES string of the molecule is CCCn1cc(C2(O)CCC(C(C)(C)C)CC2)cn1. The first kappa shape index (κ1) is 14.6. The maximum Gasteiger partial charge on any atom is 0.0927 e. The molecule has 0 radical (unpaired) electrons. The molecule has 0 atom stereocenters. The molecule has 1 heterocycles. The van der Waals surface area contributed by atoms with Gasteiger partial charge in [0, 0.05) is 18.3 Å². The van der Waals surface area contributed by atoms with Gasteiger partial charge in [-0.1, -0.05) is 27.7 Å². The molecule has 1 aliphatic rings. The molecule has 0 aromatic carbocycles. The van der Waals surface area contributed by atoms with Crippen LogP contribution in [-0.2, 0) is 12.1 Å². The summed E-state index contributed by atoms with van der Waals surface area (Å²) in [6.07, 6.45) is 8.91. The van der Waals surface area contributed by atoms with Gasteiger partial charge >= 0.3 is 0 Å². The number of nitrogens with zero attached hydrogens (tertiary/aromatic N) is 2. The Morgan fingerprint density at radius 2 is 2.00 bits per heavy atom. The van der Waals surface area contributed by atoms with Crippen molar-refractivity contribution in [1.82, 2.24) is 9.78 Å². The van der Waals surface area contributed by atoms with E-state index in [0.29, 0.717) is 5.41 Å². The summed E-state index contributed by atoms with van der Waals surface area (Å²) in [5, 5.41) is 15.2. The molecule has 0 spiro atoms. The second-order valence-electron chi connectivity index (χ2n) is 7.16. The van der Waals surface area contributed by atoms with Crippen LogP contribution in [0.2, 0.25) is 0 Å². The minimum absolute atomic E-state index is 0.355. The topological polar surface area (TPSA) is 38.0 Å². The van der Waals surface area contributed by atoms with Crippen molar-refractivity contribution < 1.29 is 5.11 Å². The Balaban J connectivity index is 2.04. The van der Waals surface area contributed by atoms with Crippen LogP contribution >= 0.6 is 0 Å². The molecule has 19 heavy (non-hydrogen) atoms. The lowest BCUT2D eigenvalue weighted by Gasteiger charge is -2.41. The lowest BCUT2D eigenvalue weighted by molar-refractivity contribution is -0.0298. The van der Waals surface area contributed by atoms with Crippen LogP contribution in [0, 0.1) is 11.3 Å². The molecule has 108 valence electrons. The molecule has 1 saturated carbocycles. The van der Waals surface area contributed by atoms with E-state index in [-0.39, 0.29) is 0 Å². The number of aromatic nitrogens is 2. The van der Waals surface area contributed by atoms with E-state index in [1.165, 1.54) is 0 Å². The summed E-state index contributed by atoms with van der Waals surface area (Å²) in [7, 11) is 0. The molecule has 0 amide bonds. The average Bonchev–Trinajstić information content (AvgIpc) is 2.78. The van der Waals surface area contributed by atoms with Crippen LogP contribution in [0.4, 0.5) is 0 Å². The summed E-state index contributed by atoms with van der Waals surface area (Å²) in [4.78, 5) is 0. The highest BCUT2D eigenvalue weighted by Crippen LogP contribution is 2.45. The Morgan fingerprint density at radius 1 is 1.37 bits per heavy atom. The van der Waals surface area contributed by atoms with Gasteiger partial charge in [-0.2, -0.15) is 5.10 Å². The van der Waals surface area contributed by atoms with E-state index in [9.17, 15) is 5.11 Å². The molecule has 1 aromatic heterocycles. The molecule has 0 bridgehead atoms. The Bertz CT molecular complexity index is 409. The second kappa shape index (κ2) is 5.28. The zero-order valence-electron chi connectivity index (χ0n) is 12.8. The highest BCUT2D eigenvalue weighted by Gasteiger charge is 2.39. The van der Waals surface area contributed by atoms with Crippen LogP contribution < -0.4 is 0 Å². The first-order chi connectivity index (χ1) is 8.85. The van der Waals surface area contributed by atoms with Crippen LogP contribution in [0.5, 0.6) is 0 Å². The third-order valence-electron chi connectivity index (χ3n) is 4.66. The Labute approximate surface area is 117 Å². The summed E-state index contributed by atoms with van der Waals surface area (Å²) in [6.45, 7) is 10.00. The molecule has 1 fully saturated rings. The van der Waals surface area contributed by atoms with E-state index in [1.54, 1.807) is 0 Å². The Morgan fingerprint density at radius 3 is 2.53 bits per heavy atom. The molecular weight excluding hydrogens is 236 g/mol. The molecular formula is C16H28N2O. The van der Waals surface area contributed by atoms with Crippen molar-refractivity contribution in [1.29, 1.82) is 0 Å². The van der Waals surface area contributed by atoms with Gasteiger partial charge in [0.05, 0.1) is 11.8 Å². The molecule has 0 saturated heterocycles. The summed E-state index contributed by atoms with van der Waals surface area (Å²) in [5.74, 6) is 0.721. The molecule has 1 N–H and O–H groups in total. The van der Waals surface area contributed by atoms with E-state index in [2.05, 4.69) is 32.8 Å². The quantitative estimate of drug-likeness (QED) is 0.903. The predicted molar refractivity (Wildman–Crippen MR) is 77.8 cm³/mol. The monoisotopic (exact) mass is 264 g/mol. The van der Waals surface area contributed by atoms with Gasteiger partial charge in [0.15, 0.2) is 0 Å². The fourth-order valence-electron chi connectivity index (χ4n) is 3.21. The highest BCUT2D eigenvalue weighted by atomic mass is 16.3. The van der Waals surface area contributed by atoms with Crippen molar-refractivity contribution in [2.75, 3.05) is 0 Å². The zero-order chi connectivity index (χ0) is 14.1. The molecule has 1 aliphatic carbocycles. The number of aryl methyl sites for hydroxylation is 1. The van der Waals surface area contributed by atoms with E-state index in [0.717, 1.165) is 50.1 Å². The van der Waals surface area contributed by atoms with Crippen molar-refractivity contribution in [3.63, 3.8) is 0 Å². The van der Waals surface area contributed by atoms with E-state index < -0.39 is 5.60 Å². The molecule has 1 aromatic rings. The maximum atomic E-state index is 10.9. The van der Waals surface area contributed by atoms with Crippen molar-refractivity contribution >= 4 is 0 Å². The minimum Gasteiger partial charge on any atom is -0.385 e. The van der Waals surface area contributed by atoms with Gasteiger partial charge in [0.25, 0.3) is 0 Å². The molecule has 0 aliphatic heterocycles. The first-order valence-corrected chi connectivity index (χ1v) is 7.60. The van der Waals surface area contributed by atoms with Crippen LogP contribution in [0.15, 0.2) is 12.4 Å². The van der Waals surface area contributed by atoms with Crippen LogP contribution in [-0.4, -0.2) is 14.9 Å². The van der Waals surface area contributed by atoms with Crippen LogP contribution in [0.25, 0.3) is 0 Å². The van der Waals surface area contributed by atoms with Gasteiger partial charge in [0.1, 0.15) is 0 Å². The third-order valence-corrected chi connectivity index (χ3v) is 4.66. The standard InChI is InChI=1S/C16H28N2O/c1-5-10-18-12-14(11-17-18)16(19)8-6-13(7-9-16)15(2,3)4/h11-13,19H,5-10H2,1-4H3. The average molecular weight is 264 g/mol. The van der Waals surface area contributed by atoms with Gasteiger partial charge in [-0.25, -0.2) is 0 Å². The summed E-state index contributed by atoms with van der Waals surface area (Å²) in [5.41, 5.74) is 0.717. The second-order valence-corrected chi connectivity index (χ2v) is 7.16. The lowest BCUT2D eigenvalue weighted by Crippen LogP contribution is -2.35. The van der Waals surface area contributed by atoms with Gasteiger partial charge in [-0.05, 0) is 43.4 Å². The van der Waals surface area contributed by atoms with Crippen LogP contribution in [0.3, 0.4) is 0 Å². The Kier molecular flexibility index (Phi) is 4.05. The largest absolute Gasteiger partial charge is 0.385 e. The van der Waals surface area contributed by atoms with Gasteiger partial charge in [-0.15, -0.1) is 0 Å². The molecule has 0 unspecified atom stereocenters. The maximum absolute atomic E-state index is 10.9. The lowest BCUT2D eigenvalue weighted by atomic mass is 9.67. The van der Waals surface area contributed by atoms with E-state index in [1.807, 2.05) is 17.1 Å². The minimum atomic E-state index is -0.645. The van der Waals surface area contributed by atoms with Gasteiger partial charge in [0.2, 0.25) is 0 Å². The van der Waals surface area contributed by atoms with E-state index >= 15 is 0 Å². The summed E-state index contributed by atoms with van der Waals surface area (Å²) in [6, 6.07) is 0. The van der Waals surface area contributed by atoms with Gasteiger partial charge in [-0.3, -0.25) is 4.68 Å². The fraction of sp³-hybridized carbons (Fsp3) is 0.812. The molecule has 3 nitrogen and oxygen atoms in total. The zero-order valence-corrected chi connectivity index (χ0v) is 12.8. The van der Waals surface area contributed by atoms with Crippen molar-refractivity contribution in [3.05, 3.63) is 18.0 Å². The number of aliphatic hydroxyl groups is 1.